The zero-order valence-electron chi connectivity index (χ0n) is 18.4. The third kappa shape index (κ3) is 4.29. The summed E-state index contributed by atoms with van der Waals surface area (Å²) in [6.45, 7) is 5.43. The van der Waals surface area contributed by atoms with E-state index in [1.807, 2.05) is 23.6 Å². The van der Waals surface area contributed by atoms with Gasteiger partial charge in [0.1, 0.15) is 12.6 Å². The average Bonchev–Trinajstić information content (AvgIpc) is 3.45. The molecule has 0 radical (unpaired) electrons. The van der Waals surface area contributed by atoms with E-state index in [1.54, 1.807) is 43.9 Å². The number of thiophene rings is 1. The van der Waals surface area contributed by atoms with Gasteiger partial charge in [0.25, 0.3) is 5.56 Å². The minimum Gasteiger partial charge on any atom is -0.493 e. The molecule has 2 aromatic heterocycles. The van der Waals surface area contributed by atoms with Gasteiger partial charge in [-0.2, -0.15) is 0 Å². The lowest BCUT2D eigenvalue weighted by Gasteiger charge is -2.23. The van der Waals surface area contributed by atoms with Crippen LogP contribution in [0.15, 0.2) is 69.4 Å². The van der Waals surface area contributed by atoms with E-state index in [2.05, 4.69) is 11.6 Å². The molecule has 1 atom stereocenters. The molecular formula is C24H22N2O5S2. The minimum absolute atomic E-state index is 0.0799. The predicted octanol–water partition coefficient (Wildman–Crippen LogP) is 3.04. The van der Waals surface area contributed by atoms with Crippen LogP contribution in [0.2, 0.25) is 0 Å². The lowest BCUT2D eigenvalue weighted by molar-refractivity contribution is -0.138. The number of allylic oxidation sites excluding steroid dienone is 1. The first-order valence-electron chi connectivity index (χ1n) is 10.0. The minimum atomic E-state index is -0.605. The van der Waals surface area contributed by atoms with E-state index in [-0.39, 0.29) is 12.2 Å². The zero-order valence-corrected chi connectivity index (χ0v) is 20.0. The molecule has 3 aromatic rings. The largest absolute Gasteiger partial charge is 0.493 e. The van der Waals surface area contributed by atoms with Gasteiger partial charge in [-0.15, -0.1) is 11.3 Å². The molecule has 9 heteroatoms. The highest BCUT2D eigenvalue weighted by Crippen LogP contribution is 2.33. The molecule has 1 aromatic carbocycles. The number of fused-ring (bicyclic) bond motifs is 1. The molecule has 0 spiro atoms. The normalized spacial score (nSPS) is 15.6. The van der Waals surface area contributed by atoms with Crippen LogP contribution >= 0.6 is 22.7 Å². The summed E-state index contributed by atoms with van der Waals surface area (Å²) in [5, 5.41) is 1.91. The lowest BCUT2D eigenvalue weighted by Crippen LogP contribution is -2.39. The summed E-state index contributed by atoms with van der Waals surface area (Å²) < 4.78 is 18.0. The molecule has 170 valence electrons. The number of aromatic nitrogens is 1. The Labute approximate surface area is 198 Å². The summed E-state index contributed by atoms with van der Waals surface area (Å²) in [6.07, 6.45) is 3.29. The van der Waals surface area contributed by atoms with E-state index < -0.39 is 12.0 Å². The molecular weight excluding hydrogens is 460 g/mol. The Morgan fingerprint density at radius 1 is 1.24 bits per heavy atom. The fraction of sp³-hybridized carbons (Fsp3) is 0.208. The topological polar surface area (TPSA) is 79.1 Å². The molecule has 0 fully saturated rings. The molecule has 1 aliphatic rings. The molecule has 3 heterocycles. The number of ether oxygens (including phenoxy) is 3. The SMILES string of the molecule is C=CCOC(=O)C1=C(C)N=c2s/c(=C/c3ccc(OC)c(OC)c3)c(=O)n2[C@H]1c1cccs1. The van der Waals surface area contributed by atoms with Crippen LogP contribution in [-0.4, -0.2) is 31.4 Å². The van der Waals surface area contributed by atoms with E-state index in [1.165, 1.54) is 28.7 Å². The summed E-state index contributed by atoms with van der Waals surface area (Å²) in [5.74, 6) is 0.661. The van der Waals surface area contributed by atoms with E-state index in [0.29, 0.717) is 32.1 Å². The predicted molar refractivity (Wildman–Crippen MR) is 129 cm³/mol. The van der Waals surface area contributed by atoms with Crippen LogP contribution in [-0.2, 0) is 9.53 Å². The van der Waals surface area contributed by atoms with E-state index in [4.69, 9.17) is 14.2 Å². The number of hydrogen-bond acceptors (Lipinski definition) is 8. The molecule has 1 aliphatic heterocycles. The highest BCUT2D eigenvalue weighted by Gasteiger charge is 2.33. The van der Waals surface area contributed by atoms with Crippen molar-refractivity contribution in [3.05, 3.63) is 89.8 Å². The van der Waals surface area contributed by atoms with Crippen LogP contribution in [0.3, 0.4) is 0 Å². The highest BCUT2D eigenvalue weighted by atomic mass is 32.1. The Balaban J connectivity index is 1.88. The second-order valence-corrected chi connectivity index (χ2v) is 9.09. The van der Waals surface area contributed by atoms with E-state index in [9.17, 15) is 9.59 Å². The van der Waals surface area contributed by atoms with Gasteiger partial charge in [0, 0.05) is 4.88 Å². The van der Waals surface area contributed by atoms with Gasteiger partial charge >= 0.3 is 5.97 Å². The third-order valence-electron chi connectivity index (χ3n) is 5.09. The third-order valence-corrected chi connectivity index (χ3v) is 7.00. The Hall–Kier alpha value is -3.43. The van der Waals surface area contributed by atoms with E-state index in [0.717, 1.165) is 10.4 Å². The maximum absolute atomic E-state index is 13.5. The molecule has 0 N–H and O–H groups in total. The summed E-state index contributed by atoms with van der Waals surface area (Å²) in [4.78, 5) is 32.4. The summed E-state index contributed by atoms with van der Waals surface area (Å²) in [6, 6.07) is 8.62. The number of hydrogen-bond donors (Lipinski definition) is 0. The maximum atomic E-state index is 13.5. The quantitative estimate of drug-likeness (QED) is 0.382. The summed E-state index contributed by atoms with van der Waals surface area (Å²) in [7, 11) is 3.13. The standard InChI is InChI=1S/C24H22N2O5S2/c1-5-10-31-23(28)20-14(2)25-24-26(21(20)18-7-6-11-32-18)22(27)19(33-24)13-15-8-9-16(29-3)17(12-15)30-4/h5-9,11-13,21H,1,10H2,2-4H3/b19-13+/t21-/m0/s1. The van der Waals surface area contributed by atoms with Crippen molar-refractivity contribution in [3.63, 3.8) is 0 Å². The molecule has 7 nitrogen and oxygen atoms in total. The van der Waals surface area contributed by atoms with Crippen LogP contribution in [0, 0.1) is 0 Å². The second kappa shape index (κ2) is 9.60. The van der Waals surface area contributed by atoms with Crippen LogP contribution in [0.1, 0.15) is 23.4 Å². The Morgan fingerprint density at radius 3 is 2.70 bits per heavy atom. The first kappa shape index (κ1) is 22.8. The van der Waals surface area contributed by atoms with Gasteiger partial charge in [-0.25, -0.2) is 9.79 Å². The molecule has 0 unspecified atom stereocenters. The lowest BCUT2D eigenvalue weighted by atomic mass is 10.0. The molecule has 0 bridgehead atoms. The molecule has 0 aliphatic carbocycles. The first-order valence-corrected chi connectivity index (χ1v) is 11.7. The van der Waals surface area contributed by atoms with Crippen molar-refractivity contribution < 1.29 is 19.0 Å². The fourth-order valence-corrected chi connectivity index (χ4v) is 5.48. The number of benzene rings is 1. The van der Waals surface area contributed by atoms with Crippen molar-refractivity contribution in [2.75, 3.05) is 20.8 Å². The van der Waals surface area contributed by atoms with Gasteiger partial charge in [0.15, 0.2) is 16.3 Å². The van der Waals surface area contributed by atoms with Crippen molar-refractivity contribution in [2.24, 2.45) is 4.99 Å². The van der Waals surface area contributed by atoms with Gasteiger partial charge in [0.05, 0.1) is 30.0 Å². The molecule has 0 saturated carbocycles. The van der Waals surface area contributed by atoms with Gasteiger partial charge in [-0.3, -0.25) is 9.36 Å². The molecule has 0 amide bonds. The monoisotopic (exact) mass is 482 g/mol. The van der Waals surface area contributed by atoms with E-state index >= 15 is 0 Å². The van der Waals surface area contributed by atoms with Crippen molar-refractivity contribution in [1.82, 2.24) is 4.57 Å². The van der Waals surface area contributed by atoms with Crippen LogP contribution in [0.25, 0.3) is 6.08 Å². The fourth-order valence-electron chi connectivity index (χ4n) is 3.61. The highest BCUT2D eigenvalue weighted by molar-refractivity contribution is 7.10. The number of esters is 1. The van der Waals surface area contributed by atoms with Gasteiger partial charge in [-0.1, -0.05) is 36.1 Å². The number of carbonyl (C=O) groups excluding carboxylic acids is 1. The number of methoxy groups -OCH3 is 2. The molecule has 33 heavy (non-hydrogen) atoms. The summed E-state index contributed by atoms with van der Waals surface area (Å²) >= 11 is 2.75. The van der Waals surface area contributed by atoms with Crippen molar-refractivity contribution in [1.29, 1.82) is 0 Å². The van der Waals surface area contributed by atoms with Gasteiger partial charge in [-0.05, 0) is 42.1 Å². The maximum Gasteiger partial charge on any atom is 0.338 e. The van der Waals surface area contributed by atoms with Crippen LogP contribution < -0.4 is 24.4 Å². The average molecular weight is 483 g/mol. The summed E-state index contributed by atoms with van der Waals surface area (Å²) in [5.41, 5.74) is 1.44. The van der Waals surface area contributed by atoms with Crippen LogP contribution in [0.5, 0.6) is 11.5 Å². The molecule has 0 saturated heterocycles. The van der Waals surface area contributed by atoms with Gasteiger partial charge in [0.2, 0.25) is 0 Å². The Kier molecular flexibility index (Phi) is 6.62. The Bertz CT molecular complexity index is 1410. The Morgan fingerprint density at radius 2 is 2.03 bits per heavy atom. The zero-order chi connectivity index (χ0) is 23.5. The first-order chi connectivity index (χ1) is 16.0. The van der Waals surface area contributed by atoms with Gasteiger partial charge < -0.3 is 14.2 Å². The number of rotatable bonds is 7. The number of carbonyl (C=O) groups is 1. The number of nitrogens with zero attached hydrogens (tertiary/aromatic N) is 2. The van der Waals surface area contributed by atoms with Crippen LogP contribution in [0.4, 0.5) is 0 Å². The van der Waals surface area contributed by atoms with Crippen molar-refractivity contribution in [3.8, 4) is 11.5 Å². The van der Waals surface area contributed by atoms with Crippen molar-refractivity contribution >= 4 is 34.7 Å². The smallest absolute Gasteiger partial charge is 0.338 e. The van der Waals surface area contributed by atoms with Crippen molar-refractivity contribution in [2.45, 2.75) is 13.0 Å². The second-order valence-electron chi connectivity index (χ2n) is 7.10. The number of thiazole rings is 1. The molecule has 4 rings (SSSR count).